The van der Waals surface area contributed by atoms with Crippen LogP contribution in [0.25, 0.3) is 0 Å². The Balaban J connectivity index is 1.59. The molecule has 1 heterocycles. The van der Waals surface area contributed by atoms with Gasteiger partial charge in [-0.15, -0.1) is 10.2 Å². The molecule has 0 amide bonds. The topological polar surface area (TPSA) is 107 Å². The number of ketones is 1. The largest absolute Gasteiger partial charge is 0.497 e. The quantitative estimate of drug-likeness (QED) is 0.338. The van der Waals surface area contributed by atoms with Gasteiger partial charge in [0.05, 0.1) is 12.9 Å². The molecule has 1 aromatic carbocycles. The molecule has 3 rings (SSSR count). The number of hydrazone groups is 1. The molecule has 0 atom stereocenters. The van der Waals surface area contributed by atoms with E-state index in [2.05, 4.69) is 20.7 Å². The summed E-state index contributed by atoms with van der Waals surface area (Å²) in [5, 5.41) is 12.7. The molecule has 0 spiro atoms. The fourth-order valence-corrected chi connectivity index (χ4v) is 3.24. The van der Waals surface area contributed by atoms with Gasteiger partial charge in [0, 0.05) is 11.3 Å². The van der Waals surface area contributed by atoms with Gasteiger partial charge in [-0.3, -0.25) is 4.79 Å². The van der Waals surface area contributed by atoms with Crippen molar-refractivity contribution in [3.05, 3.63) is 29.8 Å². The molecule has 1 aliphatic carbocycles. The van der Waals surface area contributed by atoms with Crippen molar-refractivity contribution in [1.82, 2.24) is 14.9 Å². The van der Waals surface area contributed by atoms with Crippen LogP contribution in [0.2, 0.25) is 0 Å². The number of nitrogens with two attached hydrogens (primary N) is 1. The molecule has 8 nitrogen and oxygen atoms in total. The van der Waals surface area contributed by atoms with Gasteiger partial charge >= 0.3 is 0 Å². The molecular weight excluding hydrogens is 340 g/mol. The Morgan fingerprint density at radius 3 is 2.96 bits per heavy atom. The van der Waals surface area contributed by atoms with E-state index in [4.69, 9.17) is 10.6 Å². The van der Waals surface area contributed by atoms with Gasteiger partial charge in [-0.1, -0.05) is 23.9 Å². The van der Waals surface area contributed by atoms with Crippen molar-refractivity contribution in [3.63, 3.8) is 0 Å². The van der Waals surface area contributed by atoms with Crippen LogP contribution in [0.15, 0.2) is 34.5 Å². The maximum Gasteiger partial charge on any atom is 0.264 e. The van der Waals surface area contributed by atoms with E-state index in [9.17, 15) is 4.79 Å². The minimum Gasteiger partial charge on any atom is -0.497 e. The fraction of sp³-hybridized carbons (Fsp3) is 0.375. The van der Waals surface area contributed by atoms with Crippen molar-refractivity contribution in [2.75, 3.05) is 24.1 Å². The SMILES string of the molecule is COc1cccc(C(=O)CSc2nnc(NN=C3CCCC3)n2N)c1. The van der Waals surface area contributed by atoms with E-state index in [1.165, 1.54) is 29.3 Å². The van der Waals surface area contributed by atoms with Crippen molar-refractivity contribution in [3.8, 4) is 5.75 Å². The lowest BCUT2D eigenvalue weighted by Gasteiger charge is -2.05. The average Bonchev–Trinajstić information content (AvgIpc) is 3.28. The Labute approximate surface area is 149 Å². The van der Waals surface area contributed by atoms with E-state index in [-0.39, 0.29) is 11.5 Å². The minimum absolute atomic E-state index is 0.0346. The molecule has 3 N–H and O–H groups in total. The van der Waals surface area contributed by atoms with Gasteiger partial charge in [0.25, 0.3) is 5.95 Å². The number of rotatable bonds is 7. The van der Waals surface area contributed by atoms with Crippen LogP contribution < -0.4 is 16.0 Å². The van der Waals surface area contributed by atoms with Gasteiger partial charge in [-0.2, -0.15) is 5.10 Å². The molecule has 1 saturated carbocycles. The van der Waals surface area contributed by atoms with Crippen LogP contribution in [0, 0.1) is 0 Å². The van der Waals surface area contributed by atoms with Crippen LogP contribution in [0.4, 0.5) is 5.95 Å². The molecule has 25 heavy (non-hydrogen) atoms. The highest BCUT2D eigenvalue weighted by Crippen LogP contribution is 2.20. The molecule has 1 aromatic heterocycles. The normalized spacial score (nSPS) is 13.7. The Morgan fingerprint density at radius 2 is 2.20 bits per heavy atom. The Morgan fingerprint density at radius 1 is 1.40 bits per heavy atom. The van der Waals surface area contributed by atoms with Gasteiger partial charge in [-0.05, 0) is 37.8 Å². The number of carbonyl (C=O) groups is 1. The van der Waals surface area contributed by atoms with Crippen LogP contribution in [0.3, 0.4) is 0 Å². The maximum absolute atomic E-state index is 12.3. The number of aromatic nitrogens is 3. The van der Waals surface area contributed by atoms with Crippen LogP contribution in [0.1, 0.15) is 36.0 Å². The number of benzene rings is 1. The summed E-state index contributed by atoms with van der Waals surface area (Å²) in [6, 6.07) is 7.04. The first-order valence-corrected chi connectivity index (χ1v) is 8.98. The number of thioether (sulfide) groups is 1. The zero-order chi connectivity index (χ0) is 17.6. The third-order valence-corrected chi connectivity index (χ3v) is 4.83. The smallest absolute Gasteiger partial charge is 0.264 e. The Bertz CT molecular complexity index is 781. The Kier molecular flexibility index (Phi) is 5.54. The molecule has 132 valence electrons. The van der Waals surface area contributed by atoms with Crippen molar-refractivity contribution in [2.24, 2.45) is 5.10 Å². The van der Waals surface area contributed by atoms with E-state index in [1.807, 2.05) is 0 Å². The number of carbonyl (C=O) groups excluding carboxylic acids is 1. The van der Waals surface area contributed by atoms with Crippen molar-refractivity contribution in [1.29, 1.82) is 0 Å². The second kappa shape index (κ2) is 8.02. The molecule has 0 radical (unpaired) electrons. The molecule has 1 fully saturated rings. The number of Topliss-reactive ketones (excluding diaryl/α,β-unsaturated/α-hetero) is 1. The standard InChI is InChI=1S/C16H20N6O2S/c1-24-13-8-4-5-11(9-13)14(23)10-25-16-21-20-15(22(16)17)19-18-12-6-2-3-7-12/h4-5,8-9H,2-3,6-7,10,17H2,1H3,(H,19,20). The number of nitrogen functional groups attached to an aromatic ring is 1. The van der Waals surface area contributed by atoms with E-state index in [1.54, 1.807) is 31.4 Å². The zero-order valence-electron chi connectivity index (χ0n) is 13.9. The molecule has 2 aromatic rings. The van der Waals surface area contributed by atoms with Gasteiger partial charge in [0.15, 0.2) is 5.78 Å². The second-order valence-electron chi connectivity index (χ2n) is 5.62. The molecule has 0 bridgehead atoms. The number of methoxy groups -OCH3 is 1. The number of nitrogens with zero attached hydrogens (tertiary/aromatic N) is 4. The van der Waals surface area contributed by atoms with Gasteiger partial charge < -0.3 is 10.6 Å². The number of anilines is 1. The molecular formula is C16H20N6O2S. The fourth-order valence-electron chi connectivity index (χ4n) is 2.49. The number of ether oxygens (including phenoxy) is 1. The highest BCUT2D eigenvalue weighted by atomic mass is 32.2. The lowest BCUT2D eigenvalue weighted by atomic mass is 10.1. The lowest BCUT2D eigenvalue weighted by molar-refractivity contribution is 0.102. The van der Waals surface area contributed by atoms with Gasteiger partial charge in [-0.25, -0.2) is 10.1 Å². The summed E-state index contributed by atoms with van der Waals surface area (Å²) in [7, 11) is 1.57. The third-order valence-electron chi connectivity index (χ3n) is 3.88. The highest BCUT2D eigenvalue weighted by molar-refractivity contribution is 7.99. The Hall–Kier alpha value is -2.55. The van der Waals surface area contributed by atoms with Crippen LogP contribution >= 0.6 is 11.8 Å². The van der Waals surface area contributed by atoms with E-state index in [0.717, 1.165) is 18.6 Å². The molecule has 9 heteroatoms. The summed E-state index contributed by atoms with van der Waals surface area (Å²) in [4.78, 5) is 12.3. The van der Waals surface area contributed by atoms with Crippen LogP contribution in [0.5, 0.6) is 5.75 Å². The average molecular weight is 360 g/mol. The van der Waals surface area contributed by atoms with Crippen LogP contribution in [-0.4, -0.2) is 39.2 Å². The van der Waals surface area contributed by atoms with Gasteiger partial charge in [0.2, 0.25) is 5.16 Å². The summed E-state index contributed by atoms with van der Waals surface area (Å²) in [5.41, 5.74) is 4.55. The minimum atomic E-state index is -0.0346. The first-order valence-electron chi connectivity index (χ1n) is 7.99. The molecule has 0 aliphatic heterocycles. The first-order chi connectivity index (χ1) is 12.2. The zero-order valence-corrected chi connectivity index (χ0v) is 14.8. The third kappa shape index (κ3) is 4.30. The van der Waals surface area contributed by atoms with Crippen molar-refractivity contribution >= 4 is 29.2 Å². The highest BCUT2D eigenvalue weighted by Gasteiger charge is 2.14. The lowest BCUT2D eigenvalue weighted by Crippen LogP contribution is -2.14. The summed E-state index contributed by atoms with van der Waals surface area (Å²) in [6.45, 7) is 0. The van der Waals surface area contributed by atoms with Crippen LogP contribution in [-0.2, 0) is 0 Å². The van der Waals surface area contributed by atoms with Gasteiger partial charge in [0.1, 0.15) is 5.75 Å². The van der Waals surface area contributed by atoms with E-state index in [0.29, 0.717) is 22.4 Å². The molecule has 0 saturated heterocycles. The predicted octanol–water partition coefficient (Wildman–Crippen LogP) is 2.32. The maximum atomic E-state index is 12.3. The predicted molar refractivity (Wildman–Crippen MR) is 97.7 cm³/mol. The number of nitrogens with one attached hydrogen (secondary N) is 1. The monoisotopic (exact) mass is 360 g/mol. The van der Waals surface area contributed by atoms with E-state index < -0.39 is 0 Å². The summed E-state index contributed by atoms with van der Waals surface area (Å²) in [5.74, 6) is 7.14. The molecule has 0 unspecified atom stereocenters. The van der Waals surface area contributed by atoms with E-state index >= 15 is 0 Å². The first kappa shape index (κ1) is 17.3. The second-order valence-corrected chi connectivity index (χ2v) is 6.56. The summed E-state index contributed by atoms with van der Waals surface area (Å²) in [6.07, 6.45) is 4.34. The molecule has 1 aliphatic rings. The number of hydrogen-bond acceptors (Lipinski definition) is 8. The van der Waals surface area contributed by atoms with Crippen molar-refractivity contribution < 1.29 is 9.53 Å². The summed E-state index contributed by atoms with van der Waals surface area (Å²) < 4.78 is 6.44. The summed E-state index contributed by atoms with van der Waals surface area (Å²) >= 11 is 1.23. The number of hydrogen-bond donors (Lipinski definition) is 2. The van der Waals surface area contributed by atoms with Crippen molar-refractivity contribution in [2.45, 2.75) is 30.8 Å².